The van der Waals surface area contributed by atoms with Crippen LogP contribution in [-0.2, 0) is 25.7 Å². The maximum Gasteiger partial charge on any atom is 0.408 e. The molecule has 0 unspecified atom stereocenters. The van der Waals surface area contributed by atoms with Crippen LogP contribution >= 0.6 is 0 Å². The third kappa shape index (κ3) is 10.9. The second-order valence-electron chi connectivity index (χ2n) is 7.28. The molecule has 1 aromatic rings. The molecule has 7 nitrogen and oxygen atoms in total. The second-order valence-corrected chi connectivity index (χ2v) is 7.28. The zero-order valence-electron chi connectivity index (χ0n) is 16.2. The van der Waals surface area contributed by atoms with Crippen LogP contribution in [0.1, 0.15) is 58.4 Å². The summed E-state index contributed by atoms with van der Waals surface area (Å²) in [6, 6.07) is 8.42. The van der Waals surface area contributed by atoms with Gasteiger partial charge in [-0.3, -0.25) is 4.79 Å². The van der Waals surface area contributed by atoms with Crippen molar-refractivity contribution in [2.75, 3.05) is 0 Å². The Kier molecular flexibility index (Phi) is 9.33. The molecule has 0 saturated heterocycles. The summed E-state index contributed by atoms with van der Waals surface area (Å²) in [4.78, 5) is 34.6. The Morgan fingerprint density at radius 1 is 1.07 bits per heavy atom. The van der Waals surface area contributed by atoms with Gasteiger partial charge in [0.25, 0.3) is 0 Å². The van der Waals surface area contributed by atoms with Crippen LogP contribution in [0.2, 0.25) is 0 Å². The fraction of sp³-hybridized carbons (Fsp3) is 0.550. The van der Waals surface area contributed by atoms with Crippen LogP contribution in [0.5, 0.6) is 0 Å². The van der Waals surface area contributed by atoms with Crippen LogP contribution in [-0.4, -0.2) is 34.8 Å². The number of rotatable bonds is 10. The lowest BCUT2D eigenvalue weighted by atomic mass is 10.1. The predicted octanol–water partition coefficient (Wildman–Crippen LogP) is 3.66. The number of nitrogens with one attached hydrogen (secondary N) is 1. The first kappa shape index (κ1) is 22.5. The molecule has 0 aliphatic rings. The summed E-state index contributed by atoms with van der Waals surface area (Å²) in [6.45, 7) is 5.37. The lowest BCUT2D eigenvalue weighted by Crippen LogP contribution is -2.43. The zero-order chi connectivity index (χ0) is 20.3. The van der Waals surface area contributed by atoms with Crippen LogP contribution in [0.15, 0.2) is 30.3 Å². The van der Waals surface area contributed by atoms with Crippen molar-refractivity contribution in [2.45, 2.75) is 71.1 Å². The van der Waals surface area contributed by atoms with Gasteiger partial charge in [0.05, 0.1) is 0 Å². The number of alkyl carbamates (subject to hydrolysis) is 1. The topological polar surface area (TPSA) is 102 Å². The fourth-order valence-corrected chi connectivity index (χ4v) is 2.31. The predicted molar refractivity (Wildman–Crippen MR) is 100 cm³/mol. The summed E-state index contributed by atoms with van der Waals surface area (Å²) in [5.41, 5.74) is 0.246. The summed E-state index contributed by atoms with van der Waals surface area (Å²) in [7, 11) is 0. The van der Waals surface area contributed by atoms with E-state index >= 15 is 0 Å². The third-order valence-corrected chi connectivity index (χ3v) is 3.61. The number of carbonyl (C=O) groups excluding carboxylic acids is 2. The highest BCUT2D eigenvalue weighted by Gasteiger charge is 2.23. The van der Waals surface area contributed by atoms with Crippen LogP contribution in [0.4, 0.5) is 4.79 Å². The molecule has 7 heteroatoms. The number of carboxylic acids is 1. The van der Waals surface area contributed by atoms with E-state index in [0.717, 1.165) is 5.56 Å². The minimum absolute atomic E-state index is 0.251. The van der Waals surface area contributed by atoms with E-state index in [0.29, 0.717) is 19.3 Å². The smallest absolute Gasteiger partial charge is 0.408 e. The molecule has 27 heavy (non-hydrogen) atoms. The summed E-state index contributed by atoms with van der Waals surface area (Å²) in [5, 5.41) is 11.6. The van der Waals surface area contributed by atoms with Crippen molar-refractivity contribution in [2.24, 2.45) is 0 Å². The van der Waals surface area contributed by atoms with E-state index < -0.39 is 23.7 Å². The number of unbranched alkanes of at least 4 members (excludes halogenated alkanes) is 2. The Labute approximate surface area is 160 Å². The lowest BCUT2D eigenvalue weighted by molar-refractivity contribution is -0.145. The summed E-state index contributed by atoms with van der Waals surface area (Å²) < 4.78 is 10.3. The van der Waals surface area contributed by atoms with Crippen molar-refractivity contribution in [1.82, 2.24) is 5.32 Å². The van der Waals surface area contributed by atoms with Crippen molar-refractivity contribution in [3.05, 3.63) is 35.9 Å². The van der Waals surface area contributed by atoms with E-state index in [-0.39, 0.29) is 25.4 Å². The first-order chi connectivity index (χ1) is 12.7. The molecule has 2 N–H and O–H groups in total. The van der Waals surface area contributed by atoms with Crippen LogP contribution in [0.3, 0.4) is 0 Å². The monoisotopic (exact) mass is 379 g/mol. The third-order valence-electron chi connectivity index (χ3n) is 3.61. The van der Waals surface area contributed by atoms with Crippen molar-refractivity contribution in [3.63, 3.8) is 0 Å². The van der Waals surface area contributed by atoms with Crippen molar-refractivity contribution in [3.8, 4) is 0 Å². The average molecular weight is 379 g/mol. The number of ether oxygens (including phenoxy) is 2. The van der Waals surface area contributed by atoms with Crippen molar-refractivity contribution in [1.29, 1.82) is 0 Å². The average Bonchev–Trinajstić information content (AvgIpc) is 2.57. The molecule has 0 spiro atoms. The molecule has 0 heterocycles. The molecule has 150 valence electrons. The fourth-order valence-electron chi connectivity index (χ4n) is 2.31. The Bertz CT molecular complexity index is 609. The number of amides is 1. The van der Waals surface area contributed by atoms with E-state index in [1.165, 1.54) is 0 Å². The normalized spacial score (nSPS) is 12.1. The molecule has 1 amide bonds. The Morgan fingerprint density at radius 3 is 2.33 bits per heavy atom. The van der Waals surface area contributed by atoms with Gasteiger partial charge in [-0.05, 0) is 39.2 Å². The van der Waals surface area contributed by atoms with Gasteiger partial charge in [0.2, 0.25) is 0 Å². The molecule has 0 aliphatic heterocycles. The maximum absolute atomic E-state index is 11.7. The molecule has 0 fully saturated rings. The van der Waals surface area contributed by atoms with Crippen molar-refractivity contribution < 1.29 is 29.0 Å². The van der Waals surface area contributed by atoms with E-state index in [1.54, 1.807) is 20.8 Å². The molecule has 0 bridgehead atoms. The Hall–Kier alpha value is -2.57. The van der Waals surface area contributed by atoms with Gasteiger partial charge in [0.15, 0.2) is 0 Å². The molecular weight excluding hydrogens is 350 g/mol. The van der Waals surface area contributed by atoms with E-state index in [9.17, 15) is 19.5 Å². The maximum atomic E-state index is 11.7. The van der Waals surface area contributed by atoms with Crippen LogP contribution in [0.25, 0.3) is 0 Å². The van der Waals surface area contributed by atoms with Crippen LogP contribution < -0.4 is 5.32 Å². The minimum atomic E-state index is -1.11. The largest absolute Gasteiger partial charge is 0.480 e. The van der Waals surface area contributed by atoms with Gasteiger partial charge in [0, 0.05) is 6.42 Å². The van der Waals surface area contributed by atoms with Gasteiger partial charge in [-0.2, -0.15) is 0 Å². The van der Waals surface area contributed by atoms with Gasteiger partial charge in [-0.25, -0.2) is 9.59 Å². The molecule has 1 atom stereocenters. The van der Waals surface area contributed by atoms with Gasteiger partial charge in [0.1, 0.15) is 18.2 Å². The van der Waals surface area contributed by atoms with E-state index in [4.69, 9.17) is 9.47 Å². The molecule has 0 aliphatic carbocycles. The number of carboxylic acid groups (broad SMARTS) is 1. The highest BCUT2D eigenvalue weighted by molar-refractivity contribution is 5.79. The van der Waals surface area contributed by atoms with E-state index in [1.807, 2.05) is 30.3 Å². The number of carbonyl (C=O) groups is 3. The molecule has 1 aromatic carbocycles. The number of benzene rings is 1. The first-order valence-corrected chi connectivity index (χ1v) is 9.09. The van der Waals surface area contributed by atoms with Crippen molar-refractivity contribution >= 4 is 18.0 Å². The molecule has 0 aromatic heterocycles. The Morgan fingerprint density at radius 2 is 1.74 bits per heavy atom. The summed E-state index contributed by atoms with van der Waals surface area (Å²) in [5.74, 6) is -1.39. The van der Waals surface area contributed by atoms with Gasteiger partial charge >= 0.3 is 18.0 Å². The van der Waals surface area contributed by atoms with Gasteiger partial charge in [-0.15, -0.1) is 0 Å². The second kappa shape index (κ2) is 11.2. The van der Waals surface area contributed by atoms with Gasteiger partial charge in [-0.1, -0.05) is 43.2 Å². The van der Waals surface area contributed by atoms with Gasteiger partial charge < -0.3 is 19.9 Å². The molecule has 0 saturated carbocycles. The molecular formula is C20H29NO6. The first-order valence-electron chi connectivity index (χ1n) is 9.09. The number of hydrogen-bond acceptors (Lipinski definition) is 5. The summed E-state index contributed by atoms with van der Waals surface area (Å²) >= 11 is 0. The molecule has 0 radical (unpaired) electrons. The highest BCUT2D eigenvalue weighted by Crippen LogP contribution is 2.10. The highest BCUT2D eigenvalue weighted by atomic mass is 16.6. The van der Waals surface area contributed by atoms with E-state index in [2.05, 4.69) is 5.32 Å². The quantitative estimate of drug-likeness (QED) is 0.475. The summed E-state index contributed by atoms with van der Waals surface area (Å²) in [6.07, 6.45) is 1.64. The number of hydrogen-bond donors (Lipinski definition) is 2. The minimum Gasteiger partial charge on any atom is -0.480 e. The molecule has 1 rings (SSSR count). The SMILES string of the molecule is CC(C)(C)OC(=O)N[C@H](CCCCCC(=O)OCc1ccccc1)C(=O)O. The standard InChI is InChI=1S/C20H29NO6/c1-20(2,3)27-19(25)21-16(18(23)24)12-8-5-9-13-17(22)26-14-15-10-6-4-7-11-15/h4,6-7,10-11,16H,5,8-9,12-14H2,1-3H3,(H,21,25)(H,23,24)/t16-/m1/s1. The zero-order valence-corrected chi connectivity index (χ0v) is 16.2. The lowest BCUT2D eigenvalue weighted by Gasteiger charge is -2.22. The van der Waals surface area contributed by atoms with Crippen LogP contribution in [0, 0.1) is 0 Å². The number of esters is 1. The number of aliphatic carboxylic acids is 1. The Balaban J connectivity index is 2.21.